The first-order valence-corrected chi connectivity index (χ1v) is 10.8. The Hall–Kier alpha value is -0.620. The lowest BCUT2D eigenvalue weighted by atomic mass is 10.2. The van der Waals surface area contributed by atoms with Crippen LogP contribution in [0.4, 0.5) is 0 Å². The second kappa shape index (κ2) is 12.0. The lowest BCUT2D eigenvalue weighted by Crippen LogP contribution is -2.41. The van der Waals surface area contributed by atoms with Gasteiger partial charge >= 0.3 is 0 Å². The molecule has 0 bridgehead atoms. The van der Waals surface area contributed by atoms with Crippen molar-refractivity contribution in [2.75, 3.05) is 44.9 Å². The van der Waals surface area contributed by atoms with E-state index in [0.29, 0.717) is 18.9 Å². The largest absolute Gasteiger partial charge is 0.381 e. The van der Waals surface area contributed by atoms with E-state index in [1.165, 1.54) is 12.8 Å². The van der Waals surface area contributed by atoms with Gasteiger partial charge in [-0.25, -0.2) is 8.42 Å². The van der Waals surface area contributed by atoms with Gasteiger partial charge in [-0.3, -0.25) is 9.79 Å². The normalized spacial score (nSPS) is 21.7. The Balaban J connectivity index is 0.00000338. The van der Waals surface area contributed by atoms with Crippen molar-refractivity contribution in [2.45, 2.75) is 38.1 Å². The van der Waals surface area contributed by atoms with Crippen LogP contribution in [0.5, 0.6) is 0 Å². The molecule has 10 heteroatoms. The van der Waals surface area contributed by atoms with Crippen molar-refractivity contribution in [1.29, 1.82) is 0 Å². The summed E-state index contributed by atoms with van der Waals surface area (Å²) in [4.78, 5) is 16.0. The molecule has 2 aliphatic rings. The van der Waals surface area contributed by atoms with Crippen molar-refractivity contribution in [1.82, 2.24) is 16.0 Å². The molecule has 2 fully saturated rings. The Bertz CT molecular complexity index is 567. The smallest absolute Gasteiger partial charge is 0.222 e. The van der Waals surface area contributed by atoms with Gasteiger partial charge in [0.05, 0.1) is 11.5 Å². The first kappa shape index (κ1) is 23.4. The number of aliphatic imine (C=N–C) groups is 1. The molecule has 1 aliphatic heterocycles. The maximum absolute atomic E-state index is 11.8. The minimum Gasteiger partial charge on any atom is -0.381 e. The highest BCUT2D eigenvalue weighted by Gasteiger charge is 2.28. The fourth-order valence-corrected chi connectivity index (χ4v) is 4.31. The maximum Gasteiger partial charge on any atom is 0.222 e. The van der Waals surface area contributed by atoms with E-state index >= 15 is 0 Å². The van der Waals surface area contributed by atoms with E-state index < -0.39 is 9.84 Å². The number of amides is 1. The van der Waals surface area contributed by atoms with Crippen LogP contribution in [0.3, 0.4) is 0 Å². The summed E-state index contributed by atoms with van der Waals surface area (Å²) in [7, 11) is -1.28. The van der Waals surface area contributed by atoms with Gasteiger partial charge in [0.1, 0.15) is 0 Å². The molecule has 8 nitrogen and oxygen atoms in total. The predicted octanol–water partition coefficient (Wildman–Crippen LogP) is 0.280. The Kier molecular flexibility index (Phi) is 10.8. The molecule has 1 unspecified atom stereocenters. The van der Waals surface area contributed by atoms with Crippen molar-refractivity contribution in [3.05, 3.63) is 0 Å². The summed E-state index contributed by atoms with van der Waals surface area (Å²) >= 11 is 0. The highest BCUT2D eigenvalue weighted by molar-refractivity contribution is 14.0. The SMILES string of the molecule is CN=C(NCCCOCC1CC1)NCCC(=O)NC1CCS(=O)(=O)C1.I. The van der Waals surface area contributed by atoms with Gasteiger partial charge in [0.2, 0.25) is 5.91 Å². The number of nitrogens with zero attached hydrogens (tertiary/aromatic N) is 1. The highest BCUT2D eigenvalue weighted by atomic mass is 127. The Labute approximate surface area is 173 Å². The molecule has 26 heavy (non-hydrogen) atoms. The van der Waals surface area contributed by atoms with Crippen LogP contribution in [-0.2, 0) is 19.4 Å². The van der Waals surface area contributed by atoms with Gasteiger partial charge in [0.15, 0.2) is 15.8 Å². The molecule has 0 aromatic heterocycles. The van der Waals surface area contributed by atoms with Crippen molar-refractivity contribution >= 4 is 45.7 Å². The van der Waals surface area contributed by atoms with Gasteiger partial charge in [-0.05, 0) is 31.6 Å². The number of hydrogen-bond donors (Lipinski definition) is 3. The average molecular weight is 502 g/mol. The van der Waals surface area contributed by atoms with Gasteiger partial charge < -0.3 is 20.7 Å². The van der Waals surface area contributed by atoms with Crippen molar-refractivity contribution in [3.8, 4) is 0 Å². The Morgan fingerprint density at radius 2 is 1.92 bits per heavy atom. The van der Waals surface area contributed by atoms with Gasteiger partial charge in [-0.15, -0.1) is 24.0 Å². The van der Waals surface area contributed by atoms with Gasteiger partial charge in [0.25, 0.3) is 0 Å². The summed E-state index contributed by atoms with van der Waals surface area (Å²) in [6, 6.07) is -0.245. The molecule has 1 heterocycles. The topological polar surface area (TPSA) is 109 Å². The number of ether oxygens (including phenoxy) is 1. The van der Waals surface area contributed by atoms with E-state index in [2.05, 4.69) is 20.9 Å². The molecule has 1 saturated carbocycles. The summed E-state index contributed by atoms with van der Waals surface area (Å²) < 4.78 is 28.3. The van der Waals surface area contributed by atoms with Crippen LogP contribution in [-0.4, -0.2) is 71.2 Å². The zero-order valence-corrected chi connectivity index (χ0v) is 18.5. The van der Waals surface area contributed by atoms with Crippen LogP contribution in [0, 0.1) is 5.92 Å². The molecule has 0 radical (unpaired) electrons. The third-order valence-electron chi connectivity index (χ3n) is 4.27. The number of carbonyl (C=O) groups is 1. The van der Waals surface area contributed by atoms with Crippen LogP contribution in [0.25, 0.3) is 0 Å². The summed E-state index contributed by atoms with van der Waals surface area (Å²) in [5.41, 5.74) is 0. The fourth-order valence-electron chi connectivity index (χ4n) is 2.64. The maximum atomic E-state index is 11.8. The van der Waals surface area contributed by atoms with Crippen molar-refractivity contribution < 1.29 is 17.9 Å². The van der Waals surface area contributed by atoms with Crippen LogP contribution in [0.1, 0.15) is 32.1 Å². The predicted molar refractivity (Wildman–Crippen MR) is 113 cm³/mol. The lowest BCUT2D eigenvalue weighted by molar-refractivity contribution is -0.121. The zero-order chi connectivity index (χ0) is 18.1. The first-order chi connectivity index (χ1) is 12.0. The minimum atomic E-state index is -2.97. The number of hydrogen-bond acceptors (Lipinski definition) is 5. The average Bonchev–Trinajstić information content (AvgIpc) is 3.32. The molecule has 1 aliphatic carbocycles. The number of sulfone groups is 1. The summed E-state index contributed by atoms with van der Waals surface area (Å²) in [6.07, 6.45) is 4.30. The van der Waals surface area contributed by atoms with Crippen LogP contribution in [0.15, 0.2) is 4.99 Å². The molecular weight excluding hydrogens is 471 g/mol. The number of halogens is 1. The zero-order valence-electron chi connectivity index (χ0n) is 15.3. The fraction of sp³-hybridized carbons (Fsp3) is 0.875. The van der Waals surface area contributed by atoms with Crippen molar-refractivity contribution in [3.63, 3.8) is 0 Å². The van der Waals surface area contributed by atoms with E-state index in [0.717, 1.165) is 32.1 Å². The number of nitrogens with one attached hydrogen (secondary N) is 3. The number of guanidine groups is 1. The van der Waals surface area contributed by atoms with Gasteiger partial charge in [0, 0.05) is 45.8 Å². The lowest BCUT2D eigenvalue weighted by Gasteiger charge is -2.13. The second-order valence-corrected chi connectivity index (χ2v) is 8.94. The molecule has 0 aromatic carbocycles. The third kappa shape index (κ3) is 9.91. The van der Waals surface area contributed by atoms with E-state index in [4.69, 9.17) is 4.74 Å². The summed E-state index contributed by atoms with van der Waals surface area (Å²) in [5.74, 6) is 1.52. The summed E-state index contributed by atoms with van der Waals surface area (Å²) in [6.45, 7) is 2.83. The standard InChI is InChI=1S/C16H30N4O4S.HI/c1-17-16(18-7-2-9-24-11-13-3-4-13)19-8-5-15(21)20-14-6-10-25(22,23)12-14;/h13-14H,2-12H2,1H3,(H,20,21)(H2,17,18,19);1H. The van der Waals surface area contributed by atoms with E-state index in [-0.39, 0.29) is 53.9 Å². The first-order valence-electron chi connectivity index (χ1n) is 9.00. The molecule has 3 N–H and O–H groups in total. The summed E-state index contributed by atoms with van der Waals surface area (Å²) in [5, 5.41) is 9.03. The number of carbonyl (C=O) groups excluding carboxylic acids is 1. The molecular formula is C16H31IN4O4S. The van der Waals surface area contributed by atoms with Gasteiger partial charge in [-0.2, -0.15) is 0 Å². The van der Waals surface area contributed by atoms with Crippen molar-refractivity contribution in [2.24, 2.45) is 10.9 Å². The highest BCUT2D eigenvalue weighted by Crippen LogP contribution is 2.28. The molecule has 1 saturated heterocycles. The quantitative estimate of drug-likeness (QED) is 0.172. The second-order valence-electron chi connectivity index (χ2n) is 6.72. The molecule has 0 spiro atoms. The van der Waals surface area contributed by atoms with E-state index in [1.807, 2.05) is 0 Å². The molecule has 2 rings (SSSR count). The molecule has 152 valence electrons. The van der Waals surface area contributed by atoms with Gasteiger partial charge in [-0.1, -0.05) is 0 Å². The minimum absolute atomic E-state index is 0. The molecule has 0 aromatic rings. The Morgan fingerprint density at radius 3 is 2.54 bits per heavy atom. The monoisotopic (exact) mass is 502 g/mol. The van der Waals surface area contributed by atoms with E-state index in [1.54, 1.807) is 7.05 Å². The third-order valence-corrected chi connectivity index (χ3v) is 6.04. The Morgan fingerprint density at radius 1 is 1.19 bits per heavy atom. The molecule has 1 atom stereocenters. The molecule has 1 amide bonds. The van der Waals surface area contributed by atoms with Crippen LogP contribution < -0.4 is 16.0 Å². The van der Waals surface area contributed by atoms with Crippen LogP contribution in [0.2, 0.25) is 0 Å². The van der Waals surface area contributed by atoms with Crippen LogP contribution >= 0.6 is 24.0 Å². The number of rotatable bonds is 10. The van der Waals surface area contributed by atoms with E-state index in [9.17, 15) is 13.2 Å².